The van der Waals surface area contributed by atoms with E-state index in [9.17, 15) is 8.42 Å². The molecule has 1 N–H and O–H groups in total. The van der Waals surface area contributed by atoms with Crippen LogP contribution in [0.4, 0.5) is 0 Å². The van der Waals surface area contributed by atoms with Gasteiger partial charge in [-0.2, -0.15) is 0 Å². The maximum Gasteiger partial charge on any atom is 0.175 e. The first-order valence-corrected chi connectivity index (χ1v) is 9.02. The number of rotatable bonds is 5. The fourth-order valence-electron chi connectivity index (χ4n) is 2.75. The molecule has 1 saturated heterocycles. The zero-order valence-corrected chi connectivity index (χ0v) is 12.9. The molecule has 1 aromatic carbocycles. The lowest BCUT2D eigenvalue weighted by Crippen LogP contribution is -2.32. The number of hydrogen-bond acceptors (Lipinski definition) is 4. The molecule has 1 aliphatic rings. The Morgan fingerprint density at radius 1 is 1.25 bits per heavy atom. The Labute approximate surface area is 121 Å². The number of nitrogens with one attached hydrogen (secondary N) is 1. The molecule has 0 aromatic heterocycles. The molecular formula is C15H23NO3S. The predicted molar refractivity (Wildman–Crippen MR) is 79.5 cm³/mol. The number of hydrogen-bond donors (Lipinski definition) is 1. The van der Waals surface area contributed by atoms with Crippen LogP contribution in [0.1, 0.15) is 31.4 Å². The summed E-state index contributed by atoms with van der Waals surface area (Å²) >= 11 is 0. The van der Waals surface area contributed by atoms with Gasteiger partial charge in [0.25, 0.3) is 0 Å². The minimum Gasteiger partial charge on any atom is -0.381 e. The molecule has 0 saturated carbocycles. The quantitative estimate of drug-likeness (QED) is 0.905. The van der Waals surface area contributed by atoms with Crippen molar-refractivity contribution in [3.05, 3.63) is 29.8 Å². The van der Waals surface area contributed by atoms with Crippen LogP contribution in [0.2, 0.25) is 0 Å². The van der Waals surface area contributed by atoms with Crippen molar-refractivity contribution >= 4 is 9.84 Å². The number of ether oxygens (including phenoxy) is 1. The minimum absolute atomic E-state index is 0.275. The highest BCUT2D eigenvalue weighted by Crippen LogP contribution is 2.30. The molecule has 0 amide bonds. The van der Waals surface area contributed by atoms with E-state index < -0.39 is 9.84 Å². The molecule has 5 heteroatoms. The molecule has 0 aliphatic carbocycles. The molecule has 2 rings (SSSR count). The van der Waals surface area contributed by atoms with Gasteiger partial charge in [0.1, 0.15) is 0 Å². The molecular weight excluding hydrogens is 274 g/mol. The van der Waals surface area contributed by atoms with Gasteiger partial charge in [0, 0.05) is 25.5 Å². The van der Waals surface area contributed by atoms with E-state index in [2.05, 4.69) is 12.2 Å². The summed E-state index contributed by atoms with van der Waals surface area (Å²) in [7, 11) is -3.12. The largest absolute Gasteiger partial charge is 0.381 e. The van der Waals surface area contributed by atoms with E-state index in [1.807, 2.05) is 12.1 Å². The maximum atomic E-state index is 11.5. The van der Waals surface area contributed by atoms with E-state index in [0.717, 1.165) is 38.2 Å². The third-order valence-electron chi connectivity index (χ3n) is 3.83. The Balaban J connectivity index is 2.20. The molecule has 1 unspecified atom stereocenters. The standard InChI is InChI=1S/C15H23NO3S/c1-3-16-15(13-8-10-19-11-9-13)12-4-6-14(7-5-12)20(2,17)18/h4-7,13,15-16H,3,8-11H2,1-2H3. The summed E-state index contributed by atoms with van der Waals surface area (Å²) in [5.41, 5.74) is 1.16. The summed E-state index contributed by atoms with van der Waals surface area (Å²) in [4.78, 5) is 0.378. The first kappa shape index (κ1) is 15.5. The minimum atomic E-state index is -3.12. The first-order valence-electron chi connectivity index (χ1n) is 7.13. The van der Waals surface area contributed by atoms with Gasteiger partial charge in [-0.1, -0.05) is 19.1 Å². The van der Waals surface area contributed by atoms with Gasteiger partial charge in [0.2, 0.25) is 0 Å². The van der Waals surface area contributed by atoms with Gasteiger partial charge >= 0.3 is 0 Å². The van der Waals surface area contributed by atoms with Crippen molar-refractivity contribution < 1.29 is 13.2 Å². The van der Waals surface area contributed by atoms with Gasteiger partial charge in [-0.25, -0.2) is 8.42 Å². The Morgan fingerprint density at radius 3 is 2.35 bits per heavy atom. The van der Waals surface area contributed by atoms with Gasteiger partial charge in [-0.15, -0.1) is 0 Å². The van der Waals surface area contributed by atoms with E-state index in [0.29, 0.717) is 10.8 Å². The molecule has 1 atom stereocenters. The van der Waals surface area contributed by atoms with Crippen LogP contribution in [0.5, 0.6) is 0 Å². The van der Waals surface area contributed by atoms with Gasteiger partial charge in [0.15, 0.2) is 9.84 Å². The van der Waals surface area contributed by atoms with Crippen molar-refractivity contribution in [2.75, 3.05) is 26.0 Å². The molecule has 1 heterocycles. The van der Waals surface area contributed by atoms with Crippen LogP contribution in [0.25, 0.3) is 0 Å². The molecule has 1 fully saturated rings. The monoisotopic (exact) mass is 297 g/mol. The van der Waals surface area contributed by atoms with Crippen LogP contribution in [-0.2, 0) is 14.6 Å². The van der Waals surface area contributed by atoms with E-state index in [4.69, 9.17) is 4.74 Å². The van der Waals surface area contributed by atoms with Gasteiger partial charge in [-0.05, 0) is 43.0 Å². The summed E-state index contributed by atoms with van der Waals surface area (Å²) in [5.74, 6) is 0.549. The fourth-order valence-corrected chi connectivity index (χ4v) is 3.38. The highest BCUT2D eigenvalue weighted by Gasteiger charge is 2.24. The van der Waals surface area contributed by atoms with Crippen molar-refractivity contribution in [2.45, 2.75) is 30.7 Å². The molecule has 20 heavy (non-hydrogen) atoms. The van der Waals surface area contributed by atoms with E-state index >= 15 is 0 Å². The van der Waals surface area contributed by atoms with Crippen molar-refractivity contribution in [3.8, 4) is 0 Å². The van der Waals surface area contributed by atoms with Gasteiger partial charge in [-0.3, -0.25) is 0 Å². The van der Waals surface area contributed by atoms with Crippen LogP contribution in [0, 0.1) is 5.92 Å². The van der Waals surface area contributed by atoms with Crippen LogP contribution >= 0.6 is 0 Å². The Bertz CT molecular complexity index is 519. The van der Waals surface area contributed by atoms with Gasteiger partial charge < -0.3 is 10.1 Å². The summed E-state index contributed by atoms with van der Waals surface area (Å²) in [6.07, 6.45) is 3.33. The van der Waals surface area contributed by atoms with Crippen molar-refractivity contribution in [2.24, 2.45) is 5.92 Å². The molecule has 0 bridgehead atoms. The molecule has 1 aromatic rings. The van der Waals surface area contributed by atoms with Crippen molar-refractivity contribution in [3.63, 3.8) is 0 Å². The second-order valence-corrected chi connectivity index (χ2v) is 7.34. The zero-order chi connectivity index (χ0) is 14.6. The van der Waals surface area contributed by atoms with Crippen molar-refractivity contribution in [1.82, 2.24) is 5.32 Å². The van der Waals surface area contributed by atoms with E-state index in [1.165, 1.54) is 6.26 Å². The predicted octanol–water partition coefficient (Wildman–Crippen LogP) is 2.17. The lowest BCUT2D eigenvalue weighted by Gasteiger charge is -2.31. The first-order chi connectivity index (χ1) is 9.52. The normalized spacial score (nSPS) is 18.9. The third kappa shape index (κ3) is 3.81. The molecule has 0 radical (unpaired) electrons. The summed E-state index contributed by atoms with van der Waals surface area (Å²) in [5, 5.41) is 3.52. The summed E-state index contributed by atoms with van der Waals surface area (Å²) in [6, 6.07) is 7.54. The molecule has 4 nitrogen and oxygen atoms in total. The maximum absolute atomic E-state index is 11.5. The average Bonchev–Trinajstić information content (AvgIpc) is 2.45. The topological polar surface area (TPSA) is 55.4 Å². The molecule has 112 valence electrons. The number of sulfone groups is 1. The molecule has 1 aliphatic heterocycles. The Kier molecular flexibility index (Phi) is 5.18. The Hall–Kier alpha value is -0.910. The average molecular weight is 297 g/mol. The lowest BCUT2D eigenvalue weighted by atomic mass is 9.87. The molecule has 0 spiro atoms. The van der Waals surface area contributed by atoms with Crippen LogP contribution in [0.15, 0.2) is 29.2 Å². The SMILES string of the molecule is CCNC(c1ccc(S(C)(=O)=O)cc1)C1CCOCC1. The van der Waals surface area contributed by atoms with Crippen LogP contribution in [-0.4, -0.2) is 34.4 Å². The fraction of sp³-hybridized carbons (Fsp3) is 0.600. The Morgan fingerprint density at radius 2 is 1.85 bits per heavy atom. The smallest absolute Gasteiger partial charge is 0.175 e. The van der Waals surface area contributed by atoms with Gasteiger partial charge in [0.05, 0.1) is 4.90 Å². The van der Waals surface area contributed by atoms with Crippen LogP contribution in [0.3, 0.4) is 0 Å². The van der Waals surface area contributed by atoms with E-state index in [-0.39, 0.29) is 6.04 Å². The van der Waals surface area contributed by atoms with Crippen LogP contribution < -0.4 is 5.32 Å². The third-order valence-corrected chi connectivity index (χ3v) is 4.96. The second kappa shape index (κ2) is 6.70. The second-order valence-electron chi connectivity index (χ2n) is 5.33. The van der Waals surface area contributed by atoms with Crippen molar-refractivity contribution in [1.29, 1.82) is 0 Å². The highest BCUT2D eigenvalue weighted by molar-refractivity contribution is 7.90. The van der Waals surface area contributed by atoms with E-state index in [1.54, 1.807) is 12.1 Å². The highest BCUT2D eigenvalue weighted by atomic mass is 32.2. The number of benzene rings is 1. The zero-order valence-electron chi connectivity index (χ0n) is 12.1. The summed E-state index contributed by atoms with van der Waals surface area (Å²) in [6.45, 7) is 4.62. The lowest BCUT2D eigenvalue weighted by molar-refractivity contribution is 0.0538. The summed E-state index contributed by atoms with van der Waals surface area (Å²) < 4.78 is 28.4.